The molecule has 0 saturated heterocycles. The molecule has 6 heteroatoms. The lowest BCUT2D eigenvalue weighted by Gasteiger charge is -2.23. The largest absolute Gasteiger partial charge is 0.478 e. The molecule has 100 valence electrons. The highest BCUT2D eigenvalue weighted by molar-refractivity contribution is 9.10. The molecule has 0 aliphatic carbocycles. The van der Waals surface area contributed by atoms with Crippen molar-refractivity contribution in [2.24, 2.45) is 0 Å². The molecule has 1 aromatic carbocycles. The third kappa shape index (κ3) is 3.35. The van der Waals surface area contributed by atoms with Gasteiger partial charge in [0, 0.05) is 23.2 Å². The van der Waals surface area contributed by atoms with Gasteiger partial charge in [-0.3, -0.25) is 0 Å². The average molecular weight is 325 g/mol. The van der Waals surface area contributed by atoms with Gasteiger partial charge < -0.3 is 15.3 Å². The lowest BCUT2D eigenvalue weighted by atomic mass is 10.2. The Kier molecular flexibility index (Phi) is 4.21. The average Bonchev–Trinajstić information content (AvgIpc) is 2.41. The van der Waals surface area contributed by atoms with Crippen LogP contribution in [0.25, 0.3) is 0 Å². The number of rotatable bonds is 2. The van der Waals surface area contributed by atoms with Crippen molar-refractivity contribution in [3.8, 4) is 0 Å². The molecule has 1 aromatic rings. The van der Waals surface area contributed by atoms with E-state index in [1.54, 1.807) is 17.0 Å². The predicted octanol–water partition coefficient (Wildman–Crippen LogP) is 2.94. The molecule has 19 heavy (non-hydrogen) atoms. The third-order valence-corrected chi connectivity index (χ3v) is 3.48. The second-order valence-corrected chi connectivity index (χ2v) is 4.99. The van der Waals surface area contributed by atoms with Crippen LogP contribution in [0.15, 0.2) is 34.8 Å². The van der Waals surface area contributed by atoms with Crippen LogP contribution >= 0.6 is 15.9 Å². The van der Waals surface area contributed by atoms with E-state index in [4.69, 9.17) is 5.11 Å². The highest BCUT2D eigenvalue weighted by atomic mass is 79.9. The van der Waals surface area contributed by atoms with E-state index in [1.165, 1.54) is 6.07 Å². The first-order chi connectivity index (χ1) is 9.08. The summed E-state index contributed by atoms with van der Waals surface area (Å²) in [4.78, 5) is 24.6. The fraction of sp³-hybridized carbons (Fsp3) is 0.231. The number of nitrogens with zero attached hydrogens (tertiary/aromatic N) is 1. The Bertz CT molecular complexity index is 543. The summed E-state index contributed by atoms with van der Waals surface area (Å²) in [6.07, 6.45) is 4.81. The van der Waals surface area contributed by atoms with E-state index >= 15 is 0 Å². The van der Waals surface area contributed by atoms with Gasteiger partial charge >= 0.3 is 12.0 Å². The number of urea groups is 1. The second-order valence-electron chi connectivity index (χ2n) is 4.14. The van der Waals surface area contributed by atoms with E-state index in [9.17, 15) is 9.59 Å². The summed E-state index contributed by atoms with van der Waals surface area (Å²) in [5, 5.41) is 11.7. The maximum atomic E-state index is 12.0. The van der Waals surface area contributed by atoms with Gasteiger partial charge in [-0.25, -0.2) is 9.59 Å². The minimum atomic E-state index is -1.04. The molecule has 0 fully saturated rings. The minimum absolute atomic E-state index is 0.122. The number of anilines is 1. The minimum Gasteiger partial charge on any atom is -0.478 e. The third-order valence-electron chi connectivity index (χ3n) is 2.79. The molecule has 1 aliphatic rings. The summed E-state index contributed by atoms with van der Waals surface area (Å²) in [6.45, 7) is 1.25. The first-order valence-corrected chi connectivity index (χ1v) is 6.61. The maximum absolute atomic E-state index is 12.0. The molecule has 0 spiro atoms. The number of aromatic carboxylic acids is 1. The number of carbonyl (C=O) groups is 2. The number of halogens is 1. The van der Waals surface area contributed by atoms with Crippen molar-refractivity contribution in [3.05, 3.63) is 40.4 Å². The lowest BCUT2D eigenvalue weighted by Crippen LogP contribution is -2.37. The molecule has 0 atom stereocenters. The van der Waals surface area contributed by atoms with Crippen LogP contribution in [0.3, 0.4) is 0 Å². The monoisotopic (exact) mass is 324 g/mol. The molecule has 2 N–H and O–H groups in total. The number of nitrogens with one attached hydrogen (secondary N) is 1. The zero-order chi connectivity index (χ0) is 13.8. The van der Waals surface area contributed by atoms with Crippen molar-refractivity contribution < 1.29 is 14.7 Å². The summed E-state index contributed by atoms with van der Waals surface area (Å²) in [7, 11) is 0. The summed E-state index contributed by atoms with van der Waals surface area (Å²) < 4.78 is 0.485. The summed E-state index contributed by atoms with van der Waals surface area (Å²) in [5.41, 5.74) is 0.594. The SMILES string of the molecule is O=C(O)c1cc(NC(=O)N2CC=CCC2)ccc1Br. The van der Waals surface area contributed by atoms with Crippen LogP contribution in [0, 0.1) is 0 Å². The van der Waals surface area contributed by atoms with E-state index in [1.807, 2.05) is 12.2 Å². The Balaban J connectivity index is 2.10. The van der Waals surface area contributed by atoms with Crippen LogP contribution in [0.2, 0.25) is 0 Å². The van der Waals surface area contributed by atoms with Crippen LogP contribution in [0.4, 0.5) is 10.5 Å². The quantitative estimate of drug-likeness (QED) is 0.822. The Morgan fingerprint density at radius 1 is 1.32 bits per heavy atom. The van der Waals surface area contributed by atoms with Gasteiger partial charge in [0.05, 0.1) is 5.56 Å². The summed E-state index contributed by atoms with van der Waals surface area (Å²) >= 11 is 3.16. The zero-order valence-electron chi connectivity index (χ0n) is 10.1. The highest BCUT2D eigenvalue weighted by Crippen LogP contribution is 2.21. The van der Waals surface area contributed by atoms with Crippen LogP contribution in [0.1, 0.15) is 16.8 Å². The van der Waals surface area contributed by atoms with Crippen molar-refractivity contribution in [1.82, 2.24) is 4.90 Å². The van der Waals surface area contributed by atoms with Gasteiger partial charge in [-0.05, 0) is 40.5 Å². The van der Waals surface area contributed by atoms with Crippen molar-refractivity contribution in [2.75, 3.05) is 18.4 Å². The lowest BCUT2D eigenvalue weighted by molar-refractivity contribution is 0.0696. The number of carboxylic acid groups (broad SMARTS) is 1. The molecule has 0 unspecified atom stereocenters. The molecule has 2 amide bonds. The molecule has 2 rings (SSSR count). The first kappa shape index (κ1) is 13.6. The van der Waals surface area contributed by atoms with Crippen LogP contribution in [0.5, 0.6) is 0 Å². The van der Waals surface area contributed by atoms with E-state index in [0.717, 1.165) is 6.42 Å². The van der Waals surface area contributed by atoms with Gasteiger partial charge in [-0.15, -0.1) is 0 Å². The molecule has 1 aliphatic heterocycles. The van der Waals surface area contributed by atoms with Crippen LogP contribution in [-0.2, 0) is 0 Å². The first-order valence-electron chi connectivity index (χ1n) is 5.81. The number of carboxylic acids is 1. The Hall–Kier alpha value is -1.82. The van der Waals surface area contributed by atoms with Gasteiger partial charge in [0.1, 0.15) is 0 Å². The predicted molar refractivity (Wildman–Crippen MR) is 75.5 cm³/mol. The van der Waals surface area contributed by atoms with Crippen LogP contribution in [-0.4, -0.2) is 35.1 Å². The van der Waals surface area contributed by atoms with Gasteiger partial charge in [0.25, 0.3) is 0 Å². The van der Waals surface area contributed by atoms with Gasteiger partial charge in [0.15, 0.2) is 0 Å². The molecule has 0 radical (unpaired) electrons. The molecule has 0 aromatic heterocycles. The fourth-order valence-corrected chi connectivity index (χ4v) is 2.21. The summed E-state index contributed by atoms with van der Waals surface area (Å²) in [5.74, 6) is -1.04. The van der Waals surface area contributed by atoms with E-state index in [-0.39, 0.29) is 11.6 Å². The Morgan fingerprint density at radius 3 is 2.74 bits per heavy atom. The van der Waals surface area contributed by atoms with Crippen molar-refractivity contribution in [2.45, 2.75) is 6.42 Å². The Labute approximate surface area is 119 Å². The number of hydrogen-bond donors (Lipinski definition) is 2. The molecule has 1 heterocycles. The highest BCUT2D eigenvalue weighted by Gasteiger charge is 2.15. The normalized spacial score (nSPS) is 14.3. The zero-order valence-corrected chi connectivity index (χ0v) is 11.7. The number of amides is 2. The molecule has 0 bridgehead atoms. The number of benzene rings is 1. The van der Waals surface area contributed by atoms with Crippen LogP contribution < -0.4 is 5.32 Å². The van der Waals surface area contributed by atoms with E-state index in [0.29, 0.717) is 23.2 Å². The molecule has 5 nitrogen and oxygen atoms in total. The van der Waals surface area contributed by atoms with Crippen molar-refractivity contribution >= 4 is 33.6 Å². The Morgan fingerprint density at radius 2 is 2.11 bits per heavy atom. The van der Waals surface area contributed by atoms with Gasteiger partial charge in [-0.1, -0.05) is 12.2 Å². The summed E-state index contributed by atoms with van der Waals surface area (Å²) in [6, 6.07) is 4.48. The topological polar surface area (TPSA) is 69.6 Å². The van der Waals surface area contributed by atoms with Crippen molar-refractivity contribution in [3.63, 3.8) is 0 Å². The van der Waals surface area contributed by atoms with Gasteiger partial charge in [-0.2, -0.15) is 0 Å². The fourth-order valence-electron chi connectivity index (χ4n) is 1.80. The van der Waals surface area contributed by atoms with E-state index < -0.39 is 5.97 Å². The molecular formula is C13H13BrN2O3. The van der Waals surface area contributed by atoms with Gasteiger partial charge in [0.2, 0.25) is 0 Å². The van der Waals surface area contributed by atoms with E-state index in [2.05, 4.69) is 21.2 Å². The van der Waals surface area contributed by atoms with Crippen molar-refractivity contribution in [1.29, 1.82) is 0 Å². The second kappa shape index (κ2) is 5.88. The number of carbonyl (C=O) groups excluding carboxylic acids is 1. The molecular weight excluding hydrogens is 312 g/mol. The number of hydrogen-bond acceptors (Lipinski definition) is 2. The molecule has 0 saturated carbocycles. The standard InChI is InChI=1S/C13H13BrN2O3/c14-11-5-4-9(8-10(11)12(17)18)15-13(19)16-6-2-1-3-7-16/h1-2,4-5,8H,3,6-7H2,(H,15,19)(H,17,18). The smallest absolute Gasteiger partial charge is 0.336 e. The maximum Gasteiger partial charge on any atom is 0.336 e.